The Bertz CT molecular complexity index is 700. The van der Waals surface area contributed by atoms with Crippen LogP contribution in [0.4, 0.5) is 5.82 Å². The number of H-pyrrole nitrogens is 1. The standard InChI is InChI=1S/C14H16N6O2/c1-8(14(21)20-22)18-11-4-6-16-13(19-11)10-7-17-12-9(10)3-2-5-15-12/h2-4,7-8,15,17-18H,5-6H2,1H3,(H,16,19)/t8-/m0/s1. The third kappa shape index (κ3) is 2.62. The summed E-state index contributed by atoms with van der Waals surface area (Å²) in [5, 5.41) is 11.7. The zero-order valence-electron chi connectivity index (χ0n) is 12.0. The van der Waals surface area contributed by atoms with Gasteiger partial charge in [0.2, 0.25) is 0 Å². The van der Waals surface area contributed by atoms with E-state index in [1.54, 1.807) is 6.92 Å². The van der Waals surface area contributed by atoms with Gasteiger partial charge in [0.15, 0.2) is 0 Å². The molecule has 114 valence electrons. The molecule has 22 heavy (non-hydrogen) atoms. The van der Waals surface area contributed by atoms with Crippen LogP contribution in [0.5, 0.6) is 0 Å². The highest BCUT2D eigenvalue weighted by atomic mass is 16.3. The van der Waals surface area contributed by atoms with Crippen LogP contribution in [0.25, 0.3) is 6.08 Å². The molecule has 0 radical (unpaired) electrons. The van der Waals surface area contributed by atoms with E-state index in [0.29, 0.717) is 18.2 Å². The maximum Gasteiger partial charge on any atom is 0.308 e. The van der Waals surface area contributed by atoms with Crippen LogP contribution >= 0.6 is 0 Å². The molecule has 3 heterocycles. The summed E-state index contributed by atoms with van der Waals surface area (Å²) in [7, 11) is 0. The molecule has 1 aromatic rings. The molecule has 0 aliphatic carbocycles. The van der Waals surface area contributed by atoms with Gasteiger partial charge in [0, 0.05) is 35.6 Å². The van der Waals surface area contributed by atoms with Crippen molar-refractivity contribution < 1.29 is 4.79 Å². The summed E-state index contributed by atoms with van der Waals surface area (Å²) >= 11 is 0. The van der Waals surface area contributed by atoms with Crippen LogP contribution in [-0.4, -0.2) is 35.9 Å². The molecule has 2 aliphatic rings. The number of nitrogens with one attached hydrogen (secondary N) is 4. The lowest BCUT2D eigenvalue weighted by molar-refractivity contribution is -0.119. The Hall–Kier alpha value is -2.90. The average molecular weight is 300 g/mol. The zero-order chi connectivity index (χ0) is 15.5. The minimum absolute atomic E-state index is 0.543. The number of fused-ring (bicyclic) bond motifs is 1. The van der Waals surface area contributed by atoms with E-state index in [1.807, 2.05) is 24.4 Å². The summed E-state index contributed by atoms with van der Waals surface area (Å²) in [6, 6.07) is -0.700. The molecule has 0 saturated heterocycles. The maximum absolute atomic E-state index is 11.2. The summed E-state index contributed by atoms with van der Waals surface area (Å²) in [6.07, 6.45) is 7.76. The number of amidine groups is 1. The lowest BCUT2D eigenvalue weighted by Gasteiger charge is -2.18. The molecule has 1 atom stereocenters. The molecule has 8 heteroatoms. The number of aliphatic imine (C=N–C) groups is 1. The molecule has 1 aromatic heterocycles. The summed E-state index contributed by atoms with van der Waals surface area (Å²) in [5.41, 5.74) is 1.98. The number of aromatic nitrogens is 1. The Morgan fingerprint density at radius 2 is 2.27 bits per heavy atom. The Labute approximate surface area is 126 Å². The van der Waals surface area contributed by atoms with Crippen molar-refractivity contribution in [3.05, 3.63) is 40.2 Å². The first-order valence-corrected chi connectivity index (χ1v) is 6.97. The fraction of sp³-hybridized carbons (Fsp3) is 0.286. The molecule has 0 aromatic carbocycles. The number of carbonyl (C=O) groups is 1. The van der Waals surface area contributed by atoms with Crippen molar-refractivity contribution >= 4 is 23.6 Å². The molecule has 0 unspecified atom stereocenters. The topological polar surface area (TPSA) is 111 Å². The monoisotopic (exact) mass is 300 g/mol. The van der Waals surface area contributed by atoms with Gasteiger partial charge >= 0.3 is 5.91 Å². The highest BCUT2D eigenvalue weighted by molar-refractivity contribution is 6.04. The molecule has 4 N–H and O–H groups in total. The van der Waals surface area contributed by atoms with Gasteiger partial charge in [-0.05, 0) is 13.0 Å². The average Bonchev–Trinajstić information content (AvgIpc) is 2.98. The highest BCUT2D eigenvalue weighted by Gasteiger charge is 2.19. The minimum Gasteiger partial charge on any atom is -0.368 e. The predicted octanol–water partition coefficient (Wildman–Crippen LogP) is 0.916. The second kappa shape index (κ2) is 5.84. The van der Waals surface area contributed by atoms with E-state index in [4.69, 9.17) is 0 Å². The smallest absolute Gasteiger partial charge is 0.308 e. The third-order valence-corrected chi connectivity index (χ3v) is 3.48. The summed E-state index contributed by atoms with van der Waals surface area (Å²) < 4.78 is 0. The normalized spacial score (nSPS) is 17.3. The first kappa shape index (κ1) is 14.1. The van der Waals surface area contributed by atoms with Crippen LogP contribution in [-0.2, 0) is 4.79 Å². The van der Waals surface area contributed by atoms with Gasteiger partial charge in [-0.15, -0.1) is 4.91 Å². The van der Waals surface area contributed by atoms with Gasteiger partial charge in [0.1, 0.15) is 23.5 Å². The number of hydrogen-bond acceptors (Lipinski definition) is 6. The first-order chi connectivity index (χ1) is 10.7. The summed E-state index contributed by atoms with van der Waals surface area (Å²) in [4.78, 5) is 29.1. The van der Waals surface area contributed by atoms with Gasteiger partial charge in [-0.2, -0.15) is 0 Å². The van der Waals surface area contributed by atoms with Gasteiger partial charge in [-0.25, -0.2) is 4.99 Å². The lowest BCUT2D eigenvalue weighted by Crippen LogP contribution is -2.36. The van der Waals surface area contributed by atoms with Gasteiger partial charge in [-0.1, -0.05) is 12.2 Å². The predicted molar refractivity (Wildman–Crippen MR) is 84.3 cm³/mol. The molecule has 3 rings (SSSR count). The van der Waals surface area contributed by atoms with E-state index in [1.165, 1.54) is 0 Å². The first-order valence-electron chi connectivity index (χ1n) is 6.97. The number of hydrogen-bond donors (Lipinski definition) is 4. The maximum atomic E-state index is 11.2. The van der Waals surface area contributed by atoms with Crippen molar-refractivity contribution in [1.82, 2.24) is 15.6 Å². The van der Waals surface area contributed by atoms with E-state index in [-0.39, 0.29) is 0 Å². The molecule has 2 aliphatic heterocycles. The third-order valence-electron chi connectivity index (χ3n) is 3.48. The zero-order valence-corrected chi connectivity index (χ0v) is 12.0. The molecular formula is C14H16N6O2. The molecule has 0 saturated carbocycles. The highest BCUT2D eigenvalue weighted by Crippen LogP contribution is 2.24. The van der Waals surface area contributed by atoms with Gasteiger partial charge < -0.3 is 20.9 Å². The van der Waals surface area contributed by atoms with Crippen LogP contribution in [0.3, 0.4) is 0 Å². The van der Waals surface area contributed by atoms with E-state index in [9.17, 15) is 9.70 Å². The van der Waals surface area contributed by atoms with Gasteiger partial charge in [0.05, 0.1) is 0 Å². The van der Waals surface area contributed by atoms with Gasteiger partial charge in [0.25, 0.3) is 0 Å². The van der Waals surface area contributed by atoms with Crippen molar-refractivity contribution in [1.29, 1.82) is 0 Å². The number of anilines is 1. The van der Waals surface area contributed by atoms with E-state index in [2.05, 4.69) is 31.1 Å². The summed E-state index contributed by atoms with van der Waals surface area (Å²) in [5.74, 6) is 1.46. The molecular weight excluding hydrogens is 284 g/mol. The van der Waals surface area contributed by atoms with Crippen molar-refractivity contribution in [3.63, 3.8) is 0 Å². The number of nitroso groups, excluding NO2 is 1. The molecule has 1 amide bonds. The van der Waals surface area contributed by atoms with Crippen molar-refractivity contribution in [2.24, 2.45) is 10.2 Å². The Balaban J connectivity index is 1.82. The summed E-state index contributed by atoms with van der Waals surface area (Å²) in [6.45, 7) is 2.94. The number of amides is 1. The second-order valence-electron chi connectivity index (χ2n) is 5.00. The van der Waals surface area contributed by atoms with Gasteiger partial charge in [-0.3, -0.25) is 4.79 Å². The van der Waals surface area contributed by atoms with E-state index < -0.39 is 11.9 Å². The minimum atomic E-state index is -0.748. The van der Waals surface area contributed by atoms with Crippen LogP contribution in [0.2, 0.25) is 0 Å². The fourth-order valence-electron chi connectivity index (χ4n) is 2.35. The van der Waals surface area contributed by atoms with Crippen LogP contribution in [0.1, 0.15) is 18.1 Å². The lowest BCUT2D eigenvalue weighted by atomic mass is 10.1. The number of aromatic amines is 1. The number of rotatable bonds is 4. The van der Waals surface area contributed by atoms with Crippen LogP contribution in [0.15, 0.2) is 34.3 Å². The molecule has 0 bridgehead atoms. The Morgan fingerprint density at radius 3 is 3.09 bits per heavy atom. The molecule has 0 spiro atoms. The van der Waals surface area contributed by atoms with Crippen molar-refractivity contribution in [3.8, 4) is 0 Å². The second-order valence-corrected chi connectivity index (χ2v) is 5.00. The quantitative estimate of drug-likeness (QED) is 0.618. The van der Waals surface area contributed by atoms with Crippen LogP contribution < -0.4 is 16.0 Å². The Morgan fingerprint density at radius 1 is 1.41 bits per heavy atom. The Kier molecular flexibility index (Phi) is 3.73. The van der Waals surface area contributed by atoms with E-state index >= 15 is 0 Å². The van der Waals surface area contributed by atoms with E-state index in [0.717, 1.165) is 23.5 Å². The SMILES string of the molecule is C[C@H](NC1=CCNC(c2c[nH]c3c2C=CCN3)=N1)C(=O)N=O. The molecule has 0 fully saturated rings. The van der Waals surface area contributed by atoms with Crippen LogP contribution in [0, 0.1) is 4.91 Å². The molecule has 8 nitrogen and oxygen atoms in total. The largest absolute Gasteiger partial charge is 0.368 e. The number of carbonyl (C=O) groups excluding carboxylic acids is 1. The number of nitrogens with zero attached hydrogens (tertiary/aromatic N) is 2. The fourth-order valence-corrected chi connectivity index (χ4v) is 2.35. The van der Waals surface area contributed by atoms with Crippen molar-refractivity contribution in [2.75, 3.05) is 18.4 Å². The van der Waals surface area contributed by atoms with Crippen molar-refractivity contribution in [2.45, 2.75) is 13.0 Å².